The fraction of sp³-hybridized carbons (Fsp3) is 0.562. The smallest absolute Gasteiger partial charge is 0.0668 e. The van der Waals surface area contributed by atoms with Crippen LogP contribution in [0.25, 0.3) is 0 Å². The lowest BCUT2D eigenvalue weighted by Crippen LogP contribution is -2.24. The normalized spacial score (nSPS) is 25.3. The van der Waals surface area contributed by atoms with E-state index in [1.807, 2.05) is 26.0 Å². The van der Waals surface area contributed by atoms with Crippen LogP contribution in [0.4, 0.5) is 0 Å². The van der Waals surface area contributed by atoms with E-state index in [9.17, 15) is 9.47 Å². The molecule has 1 aromatic rings. The van der Waals surface area contributed by atoms with E-state index in [0.717, 1.165) is 36.1 Å². The molecule has 0 heterocycles. The van der Waals surface area contributed by atoms with Crippen molar-refractivity contribution in [1.82, 2.24) is 0 Å². The molecule has 0 N–H and O–H groups in total. The summed E-state index contributed by atoms with van der Waals surface area (Å²) in [6, 6.07) is 8.44. The number of hydrogen-bond donors (Lipinski definition) is 0. The zero-order valence-electron chi connectivity index (χ0n) is 11.7. The van der Waals surface area contributed by atoms with Gasteiger partial charge in [0.2, 0.25) is 0 Å². The Hall–Kier alpha value is -1.14. The van der Waals surface area contributed by atoms with Gasteiger partial charge in [0.1, 0.15) is 0 Å². The summed E-state index contributed by atoms with van der Waals surface area (Å²) in [7, 11) is -1.05. The van der Waals surface area contributed by atoms with Gasteiger partial charge in [-0.3, -0.25) is 4.21 Å². The summed E-state index contributed by atoms with van der Waals surface area (Å²) in [5.41, 5.74) is 2.27. The van der Waals surface area contributed by atoms with Crippen molar-refractivity contribution in [3.8, 4) is 6.07 Å². The molecule has 1 fully saturated rings. The molecular formula is C16H21NOS. The average molecular weight is 275 g/mol. The molecule has 0 aromatic heterocycles. The molecule has 3 unspecified atom stereocenters. The number of aryl methyl sites for hydroxylation is 2. The third-order valence-corrected chi connectivity index (χ3v) is 5.95. The molecule has 102 valence electrons. The topological polar surface area (TPSA) is 40.9 Å². The largest absolute Gasteiger partial charge is 0.254 e. The maximum absolute atomic E-state index is 12.8. The van der Waals surface area contributed by atoms with Crippen LogP contribution < -0.4 is 0 Å². The second-order valence-corrected chi connectivity index (χ2v) is 7.12. The number of hydrogen-bond acceptors (Lipinski definition) is 2. The summed E-state index contributed by atoms with van der Waals surface area (Å²) in [6.07, 6.45) is 5.17. The highest BCUT2D eigenvalue weighted by Crippen LogP contribution is 2.30. The highest BCUT2D eigenvalue weighted by molar-refractivity contribution is 7.85. The van der Waals surface area contributed by atoms with Crippen LogP contribution in [-0.4, -0.2) is 9.46 Å². The third-order valence-electron chi connectivity index (χ3n) is 3.94. The van der Waals surface area contributed by atoms with Crippen LogP contribution in [0, 0.1) is 31.1 Å². The molecule has 2 nitrogen and oxygen atoms in total. The summed E-state index contributed by atoms with van der Waals surface area (Å²) in [6.45, 7) is 4.06. The van der Waals surface area contributed by atoms with Gasteiger partial charge >= 0.3 is 0 Å². The Kier molecular flexibility index (Phi) is 4.76. The van der Waals surface area contributed by atoms with E-state index in [2.05, 4.69) is 12.1 Å². The van der Waals surface area contributed by atoms with E-state index in [1.165, 1.54) is 12.0 Å². The van der Waals surface area contributed by atoms with Crippen LogP contribution in [0.15, 0.2) is 23.1 Å². The quantitative estimate of drug-likeness (QED) is 0.768. The Morgan fingerprint density at radius 3 is 2.63 bits per heavy atom. The van der Waals surface area contributed by atoms with Gasteiger partial charge in [-0.25, -0.2) is 0 Å². The third kappa shape index (κ3) is 3.25. The first-order valence-electron chi connectivity index (χ1n) is 7.01. The first kappa shape index (κ1) is 14.3. The lowest BCUT2D eigenvalue weighted by molar-refractivity contribution is 0.564. The van der Waals surface area contributed by atoms with Gasteiger partial charge in [-0.1, -0.05) is 37.0 Å². The summed E-state index contributed by atoms with van der Waals surface area (Å²) in [5.74, 6) is -0.0518. The first-order chi connectivity index (χ1) is 9.13. The predicted octanol–water partition coefficient (Wildman–Crippen LogP) is 3.88. The van der Waals surface area contributed by atoms with Crippen LogP contribution in [-0.2, 0) is 10.8 Å². The van der Waals surface area contributed by atoms with Crippen LogP contribution in [0.2, 0.25) is 0 Å². The molecule has 0 spiro atoms. The van der Waals surface area contributed by atoms with E-state index < -0.39 is 10.8 Å². The molecule has 3 heteroatoms. The first-order valence-corrected chi connectivity index (χ1v) is 8.22. The summed E-state index contributed by atoms with van der Waals surface area (Å²) < 4.78 is 12.8. The van der Waals surface area contributed by atoms with E-state index in [0.29, 0.717) is 0 Å². The fourth-order valence-corrected chi connectivity index (χ4v) is 4.65. The van der Waals surface area contributed by atoms with Crippen LogP contribution in [0.5, 0.6) is 0 Å². The van der Waals surface area contributed by atoms with Crippen molar-refractivity contribution in [2.75, 3.05) is 0 Å². The summed E-state index contributed by atoms with van der Waals surface area (Å²) >= 11 is 0. The van der Waals surface area contributed by atoms with Gasteiger partial charge in [0.15, 0.2) is 0 Å². The average Bonchev–Trinajstić information content (AvgIpc) is 2.63. The van der Waals surface area contributed by atoms with Gasteiger partial charge in [-0.15, -0.1) is 0 Å². The molecule has 2 rings (SSSR count). The predicted molar refractivity (Wildman–Crippen MR) is 78.3 cm³/mol. The van der Waals surface area contributed by atoms with Crippen LogP contribution in [0.1, 0.15) is 43.2 Å². The van der Waals surface area contributed by atoms with Gasteiger partial charge < -0.3 is 0 Å². The SMILES string of the molecule is Cc1ccc(S(=O)C2CCCCCC2C#N)c(C)c1. The molecule has 0 saturated heterocycles. The van der Waals surface area contributed by atoms with Crippen LogP contribution in [0.3, 0.4) is 0 Å². The van der Waals surface area contributed by atoms with E-state index >= 15 is 0 Å². The molecule has 19 heavy (non-hydrogen) atoms. The minimum absolute atomic E-state index is 0.00825. The minimum atomic E-state index is -1.05. The van der Waals surface area contributed by atoms with Crippen molar-refractivity contribution >= 4 is 10.8 Å². The van der Waals surface area contributed by atoms with Gasteiger partial charge in [0.25, 0.3) is 0 Å². The van der Waals surface area contributed by atoms with Gasteiger partial charge in [-0.05, 0) is 38.3 Å². The monoisotopic (exact) mass is 275 g/mol. The Bertz CT molecular complexity index is 518. The van der Waals surface area contributed by atoms with Crippen molar-refractivity contribution in [2.24, 2.45) is 5.92 Å². The molecule has 0 aliphatic heterocycles. The van der Waals surface area contributed by atoms with E-state index in [-0.39, 0.29) is 11.2 Å². The van der Waals surface area contributed by atoms with Gasteiger partial charge in [0, 0.05) is 4.90 Å². The maximum atomic E-state index is 12.8. The molecule has 0 amide bonds. The van der Waals surface area contributed by atoms with Crippen molar-refractivity contribution in [3.63, 3.8) is 0 Å². The molecule has 3 atom stereocenters. The van der Waals surface area contributed by atoms with E-state index in [4.69, 9.17) is 0 Å². The minimum Gasteiger partial charge on any atom is -0.254 e. The zero-order valence-corrected chi connectivity index (χ0v) is 12.5. The van der Waals surface area contributed by atoms with Crippen molar-refractivity contribution in [1.29, 1.82) is 5.26 Å². The molecule has 1 aliphatic carbocycles. The number of benzene rings is 1. The standard InChI is InChI=1S/C16H21NOS/c1-12-8-9-15(13(2)10-12)19(18)16-7-5-3-4-6-14(16)11-17/h8-10,14,16H,3-7H2,1-2H3. The Morgan fingerprint density at radius 1 is 1.21 bits per heavy atom. The van der Waals surface area contributed by atoms with Crippen molar-refractivity contribution in [3.05, 3.63) is 29.3 Å². The molecular weight excluding hydrogens is 254 g/mol. The molecule has 0 bridgehead atoms. The number of nitrogens with zero attached hydrogens (tertiary/aromatic N) is 1. The highest BCUT2D eigenvalue weighted by Gasteiger charge is 2.29. The highest BCUT2D eigenvalue weighted by atomic mass is 32.2. The van der Waals surface area contributed by atoms with Crippen LogP contribution >= 0.6 is 0 Å². The van der Waals surface area contributed by atoms with Gasteiger partial charge in [-0.2, -0.15) is 5.26 Å². The lowest BCUT2D eigenvalue weighted by atomic mass is 10.0. The summed E-state index contributed by atoms with van der Waals surface area (Å²) in [5, 5.41) is 9.32. The molecule has 1 aliphatic rings. The Labute approximate surface area is 118 Å². The second-order valence-electron chi connectivity index (χ2n) is 5.48. The fourth-order valence-electron chi connectivity index (χ4n) is 2.87. The maximum Gasteiger partial charge on any atom is 0.0668 e. The molecule has 1 aromatic carbocycles. The Balaban J connectivity index is 2.28. The number of nitriles is 1. The summed E-state index contributed by atoms with van der Waals surface area (Å²) in [4.78, 5) is 0.915. The van der Waals surface area contributed by atoms with Crippen molar-refractivity contribution < 1.29 is 4.21 Å². The zero-order chi connectivity index (χ0) is 13.8. The second kappa shape index (κ2) is 6.34. The lowest BCUT2D eigenvalue weighted by Gasteiger charge is -2.20. The van der Waals surface area contributed by atoms with Crippen molar-refractivity contribution in [2.45, 2.75) is 56.1 Å². The van der Waals surface area contributed by atoms with E-state index in [1.54, 1.807) is 0 Å². The molecule has 0 radical (unpaired) electrons. The van der Waals surface area contributed by atoms with Gasteiger partial charge in [0.05, 0.1) is 28.0 Å². The number of rotatable bonds is 2. The Morgan fingerprint density at radius 2 is 1.95 bits per heavy atom. The molecule has 1 saturated carbocycles.